The molecule has 0 saturated carbocycles. The van der Waals surface area contributed by atoms with Crippen molar-refractivity contribution in [3.63, 3.8) is 0 Å². The maximum atomic E-state index is 10.9. The first kappa shape index (κ1) is 12.1. The Bertz CT molecular complexity index is 389. The Hall–Kier alpha value is -1.39. The molecule has 4 nitrogen and oxygen atoms in total. The predicted molar refractivity (Wildman–Crippen MR) is 65.5 cm³/mol. The zero-order chi connectivity index (χ0) is 12.3. The Morgan fingerprint density at radius 1 is 1.41 bits per heavy atom. The van der Waals surface area contributed by atoms with Crippen LogP contribution in [0.5, 0.6) is 0 Å². The molecule has 1 amide bonds. The summed E-state index contributed by atoms with van der Waals surface area (Å²) < 4.78 is 0. The highest BCUT2D eigenvalue weighted by Crippen LogP contribution is 2.19. The first-order valence-corrected chi connectivity index (χ1v) is 5.94. The van der Waals surface area contributed by atoms with Gasteiger partial charge in [0.15, 0.2) is 0 Å². The molecular weight excluding hydrogens is 216 g/mol. The van der Waals surface area contributed by atoms with Crippen LogP contribution in [0, 0.1) is 0 Å². The van der Waals surface area contributed by atoms with Gasteiger partial charge in [-0.1, -0.05) is 12.1 Å². The molecule has 0 radical (unpaired) electrons. The monoisotopic (exact) mass is 234 g/mol. The van der Waals surface area contributed by atoms with Crippen LogP contribution in [0.15, 0.2) is 24.3 Å². The Labute approximate surface area is 101 Å². The fraction of sp³-hybridized carbons (Fsp3) is 0.462. The van der Waals surface area contributed by atoms with Crippen molar-refractivity contribution in [2.45, 2.75) is 25.4 Å². The highest BCUT2D eigenvalue weighted by atomic mass is 16.3. The molecule has 1 unspecified atom stereocenters. The van der Waals surface area contributed by atoms with Gasteiger partial charge in [0.2, 0.25) is 5.91 Å². The summed E-state index contributed by atoms with van der Waals surface area (Å²) in [5.41, 5.74) is 6.87. The Morgan fingerprint density at radius 2 is 2.12 bits per heavy atom. The fourth-order valence-corrected chi connectivity index (χ4v) is 2.32. The number of aliphatic hydroxyl groups is 1. The lowest BCUT2D eigenvalue weighted by Crippen LogP contribution is -2.31. The summed E-state index contributed by atoms with van der Waals surface area (Å²) in [5.74, 6) is -0.397. The number of aliphatic hydroxyl groups excluding tert-OH is 1. The molecule has 4 heteroatoms. The lowest BCUT2D eigenvalue weighted by Gasteiger charge is -2.22. The van der Waals surface area contributed by atoms with E-state index in [1.807, 2.05) is 12.1 Å². The van der Waals surface area contributed by atoms with E-state index in [4.69, 9.17) is 5.73 Å². The summed E-state index contributed by atoms with van der Waals surface area (Å²) in [7, 11) is 0. The molecule has 1 aliphatic rings. The predicted octanol–water partition coefficient (Wildman–Crippen LogP) is 0.742. The van der Waals surface area contributed by atoms with Crippen molar-refractivity contribution in [3.8, 4) is 0 Å². The summed E-state index contributed by atoms with van der Waals surface area (Å²) in [4.78, 5) is 13.2. The summed E-state index contributed by atoms with van der Waals surface area (Å²) in [6.07, 6.45) is 2.21. The quantitative estimate of drug-likeness (QED) is 0.807. The van der Waals surface area contributed by atoms with Gasteiger partial charge in [-0.2, -0.15) is 0 Å². The topological polar surface area (TPSA) is 66.6 Å². The number of benzene rings is 1. The average Bonchev–Trinajstić information content (AvgIpc) is 2.77. The number of carbonyl (C=O) groups excluding carboxylic acids is 1. The van der Waals surface area contributed by atoms with Crippen LogP contribution in [-0.4, -0.2) is 35.1 Å². The Balaban J connectivity index is 2.01. The second-order valence-electron chi connectivity index (χ2n) is 4.51. The summed E-state index contributed by atoms with van der Waals surface area (Å²) >= 11 is 0. The van der Waals surface area contributed by atoms with Crippen LogP contribution in [0.25, 0.3) is 0 Å². The molecule has 0 spiro atoms. The van der Waals surface area contributed by atoms with E-state index in [-0.39, 0.29) is 12.6 Å². The highest BCUT2D eigenvalue weighted by molar-refractivity contribution is 5.92. The standard InChI is InChI=1S/C13H18N2O2/c14-13(17)11-5-3-10(4-6-11)8-15-7-1-2-12(15)9-16/h3-6,12,16H,1-2,7-9H2,(H2,14,17). The van der Waals surface area contributed by atoms with Gasteiger partial charge in [-0.25, -0.2) is 0 Å². The van der Waals surface area contributed by atoms with Gasteiger partial charge in [0.1, 0.15) is 0 Å². The van der Waals surface area contributed by atoms with E-state index in [1.54, 1.807) is 12.1 Å². The molecule has 2 rings (SSSR count). The van der Waals surface area contributed by atoms with Gasteiger partial charge in [-0.15, -0.1) is 0 Å². The van der Waals surface area contributed by atoms with Crippen molar-refractivity contribution in [2.24, 2.45) is 5.73 Å². The molecule has 1 heterocycles. The number of carbonyl (C=O) groups is 1. The van der Waals surface area contributed by atoms with E-state index >= 15 is 0 Å². The van der Waals surface area contributed by atoms with E-state index in [9.17, 15) is 9.90 Å². The van der Waals surface area contributed by atoms with E-state index in [0.717, 1.165) is 31.5 Å². The number of rotatable bonds is 4. The largest absolute Gasteiger partial charge is 0.395 e. The summed E-state index contributed by atoms with van der Waals surface area (Å²) in [5, 5.41) is 9.23. The smallest absolute Gasteiger partial charge is 0.248 e. The number of likely N-dealkylation sites (tertiary alicyclic amines) is 1. The lowest BCUT2D eigenvalue weighted by molar-refractivity contribution is 0.100. The van der Waals surface area contributed by atoms with E-state index in [1.165, 1.54) is 0 Å². The number of hydrogen-bond acceptors (Lipinski definition) is 3. The van der Waals surface area contributed by atoms with Gasteiger partial charge < -0.3 is 10.8 Å². The summed E-state index contributed by atoms with van der Waals surface area (Å²) in [6, 6.07) is 7.63. The second-order valence-corrected chi connectivity index (χ2v) is 4.51. The van der Waals surface area contributed by atoms with E-state index in [2.05, 4.69) is 4.90 Å². The highest BCUT2D eigenvalue weighted by Gasteiger charge is 2.23. The molecule has 1 saturated heterocycles. The third-order valence-corrected chi connectivity index (χ3v) is 3.33. The SMILES string of the molecule is NC(=O)c1ccc(CN2CCCC2CO)cc1. The maximum absolute atomic E-state index is 10.9. The van der Waals surface area contributed by atoms with Crippen LogP contribution in [-0.2, 0) is 6.54 Å². The lowest BCUT2D eigenvalue weighted by atomic mass is 10.1. The number of nitrogens with two attached hydrogens (primary N) is 1. The minimum absolute atomic E-state index is 0.222. The molecule has 1 aromatic carbocycles. The van der Waals surface area contributed by atoms with Gasteiger partial charge in [-0.3, -0.25) is 9.69 Å². The van der Waals surface area contributed by atoms with Crippen molar-refractivity contribution < 1.29 is 9.90 Å². The zero-order valence-corrected chi connectivity index (χ0v) is 9.80. The average molecular weight is 234 g/mol. The van der Waals surface area contributed by atoms with Gasteiger partial charge in [0.05, 0.1) is 6.61 Å². The van der Waals surface area contributed by atoms with Crippen LogP contribution in [0.3, 0.4) is 0 Å². The van der Waals surface area contributed by atoms with Crippen molar-refractivity contribution >= 4 is 5.91 Å². The first-order chi connectivity index (χ1) is 8.20. The normalized spacial score (nSPS) is 20.6. The molecule has 0 aromatic heterocycles. The molecule has 1 aliphatic heterocycles. The van der Waals surface area contributed by atoms with Crippen molar-refractivity contribution in [1.82, 2.24) is 4.90 Å². The van der Waals surface area contributed by atoms with Crippen LogP contribution in [0.2, 0.25) is 0 Å². The molecule has 1 fully saturated rings. The first-order valence-electron chi connectivity index (χ1n) is 5.94. The number of primary amides is 1. The molecule has 1 atom stereocenters. The minimum atomic E-state index is -0.397. The van der Waals surface area contributed by atoms with Gasteiger partial charge in [0.25, 0.3) is 0 Å². The van der Waals surface area contributed by atoms with Gasteiger partial charge >= 0.3 is 0 Å². The third-order valence-electron chi connectivity index (χ3n) is 3.33. The van der Waals surface area contributed by atoms with Crippen LogP contribution in [0.4, 0.5) is 0 Å². The maximum Gasteiger partial charge on any atom is 0.248 e. The van der Waals surface area contributed by atoms with E-state index < -0.39 is 5.91 Å². The van der Waals surface area contributed by atoms with Crippen molar-refractivity contribution in [2.75, 3.05) is 13.2 Å². The van der Waals surface area contributed by atoms with E-state index in [0.29, 0.717) is 5.56 Å². The molecule has 92 valence electrons. The fourth-order valence-electron chi connectivity index (χ4n) is 2.32. The minimum Gasteiger partial charge on any atom is -0.395 e. The Morgan fingerprint density at radius 3 is 2.71 bits per heavy atom. The van der Waals surface area contributed by atoms with Crippen LogP contribution in [0.1, 0.15) is 28.8 Å². The third kappa shape index (κ3) is 2.84. The second kappa shape index (κ2) is 5.29. The molecule has 17 heavy (non-hydrogen) atoms. The van der Waals surface area contributed by atoms with Gasteiger partial charge in [-0.05, 0) is 37.1 Å². The Kier molecular flexibility index (Phi) is 3.76. The van der Waals surface area contributed by atoms with Crippen LogP contribution < -0.4 is 5.73 Å². The summed E-state index contributed by atoms with van der Waals surface area (Å²) in [6.45, 7) is 2.08. The molecule has 1 aromatic rings. The number of hydrogen-bond donors (Lipinski definition) is 2. The molecule has 0 bridgehead atoms. The molecule has 3 N–H and O–H groups in total. The van der Waals surface area contributed by atoms with Crippen molar-refractivity contribution in [1.29, 1.82) is 0 Å². The molecule has 0 aliphatic carbocycles. The molecular formula is C13H18N2O2. The number of nitrogens with zero attached hydrogens (tertiary/aromatic N) is 1. The van der Waals surface area contributed by atoms with Gasteiger partial charge in [0, 0.05) is 18.2 Å². The van der Waals surface area contributed by atoms with Crippen molar-refractivity contribution in [3.05, 3.63) is 35.4 Å². The number of amides is 1. The zero-order valence-electron chi connectivity index (χ0n) is 9.80. The van der Waals surface area contributed by atoms with Crippen LogP contribution >= 0.6 is 0 Å².